The molecule has 1 heterocycles. The number of aromatic nitrogens is 2. The largest absolute Gasteiger partial charge is 0.383 e. The van der Waals surface area contributed by atoms with Gasteiger partial charge in [0.15, 0.2) is 0 Å². The van der Waals surface area contributed by atoms with Crippen molar-refractivity contribution in [3.05, 3.63) is 34.2 Å². The Morgan fingerprint density at radius 2 is 2.50 bits per heavy atom. The first-order chi connectivity index (χ1) is 6.65. The first kappa shape index (κ1) is 10.7. The van der Waals surface area contributed by atoms with E-state index in [1.807, 2.05) is 0 Å². The van der Waals surface area contributed by atoms with Crippen LogP contribution in [0.1, 0.15) is 12.8 Å². The van der Waals surface area contributed by atoms with E-state index >= 15 is 0 Å². The first-order valence-electron chi connectivity index (χ1n) is 4.13. The van der Waals surface area contributed by atoms with Crippen molar-refractivity contribution in [2.75, 3.05) is 0 Å². The van der Waals surface area contributed by atoms with E-state index in [1.54, 1.807) is 10.6 Å². The van der Waals surface area contributed by atoms with Gasteiger partial charge in [-0.05, 0) is 34.3 Å². The number of allylic oxidation sites excluding steroid dienone is 1. The van der Waals surface area contributed by atoms with Crippen LogP contribution in [0.5, 0.6) is 0 Å². The third kappa shape index (κ3) is 2.56. The molecule has 0 bridgehead atoms. The van der Waals surface area contributed by atoms with E-state index in [-0.39, 0.29) is 11.1 Å². The highest BCUT2D eigenvalue weighted by Gasteiger charge is 2.15. The summed E-state index contributed by atoms with van der Waals surface area (Å²) in [5.41, 5.74) is 0. The molecule has 0 amide bonds. The summed E-state index contributed by atoms with van der Waals surface area (Å²) in [6.07, 6.45) is 4.82. The van der Waals surface area contributed by atoms with Crippen LogP contribution in [0, 0.1) is 10.1 Å². The van der Waals surface area contributed by atoms with E-state index in [0.29, 0.717) is 6.54 Å². The van der Waals surface area contributed by atoms with Gasteiger partial charge in [-0.1, -0.05) is 6.08 Å². The van der Waals surface area contributed by atoms with E-state index in [1.165, 1.54) is 6.20 Å². The van der Waals surface area contributed by atoms with Crippen molar-refractivity contribution in [3.63, 3.8) is 0 Å². The minimum atomic E-state index is -0.560. The number of imidazole rings is 1. The highest BCUT2D eigenvalue weighted by molar-refractivity contribution is 6.28. The van der Waals surface area contributed by atoms with Gasteiger partial charge in [0.25, 0.3) is 0 Å². The molecule has 0 aromatic carbocycles. The van der Waals surface area contributed by atoms with Crippen molar-refractivity contribution in [1.82, 2.24) is 9.55 Å². The Morgan fingerprint density at radius 3 is 3.00 bits per heavy atom. The lowest BCUT2D eigenvalue weighted by Crippen LogP contribution is -1.95. The van der Waals surface area contributed by atoms with Crippen molar-refractivity contribution >= 4 is 17.4 Å². The number of rotatable bonds is 5. The smallest absolute Gasteiger partial charge is 0.358 e. The van der Waals surface area contributed by atoms with Crippen LogP contribution in [-0.4, -0.2) is 14.5 Å². The van der Waals surface area contributed by atoms with Gasteiger partial charge in [0, 0.05) is 6.54 Å². The average Bonchev–Trinajstić information content (AvgIpc) is 2.49. The average molecular weight is 216 g/mol. The molecule has 5 nitrogen and oxygen atoms in total. The Bertz CT molecular complexity index is 348. The summed E-state index contributed by atoms with van der Waals surface area (Å²) >= 11 is 5.69. The molecule has 0 spiro atoms. The van der Waals surface area contributed by atoms with Crippen LogP contribution >= 0.6 is 11.6 Å². The second-order valence-corrected chi connectivity index (χ2v) is 3.09. The Hall–Kier alpha value is -1.36. The lowest BCUT2D eigenvalue weighted by atomic mass is 10.3. The van der Waals surface area contributed by atoms with Crippen molar-refractivity contribution in [2.45, 2.75) is 19.4 Å². The molecule has 0 aliphatic carbocycles. The van der Waals surface area contributed by atoms with Crippen LogP contribution in [0.2, 0.25) is 5.28 Å². The molecule has 0 aliphatic rings. The standard InChI is InChI=1S/C8H10ClN3O2/c1-2-3-4-5-11-6-7(12(13)14)10-8(11)9/h2,6H,1,3-5H2. The highest BCUT2D eigenvalue weighted by atomic mass is 35.5. The molecular formula is C8H10ClN3O2. The molecule has 0 fully saturated rings. The van der Waals surface area contributed by atoms with Crippen LogP contribution in [0.3, 0.4) is 0 Å². The molecule has 0 aliphatic heterocycles. The molecule has 14 heavy (non-hydrogen) atoms. The Labute approximate surface area is 86.2 Å². The van der Waals surface area contributed by atoms with E-state index in [0.717, 1.165) is 12.8 Å². The minimum Gasteiger partial charge on any atom is -0.358 e. The third-order valence-electron chi connectivity index (χ3n) is 1.71. The number of unbranched alkanes of at least 4 members (excludes halogenated alkanes) is 1. The quantitative estimate of drug-likeness (QED) is 0.328. The van der Waals surface area contributed by atoms with Crippen molar-refractivity contribution in [3.8, 4) is 0 Å². The van der Waals surface area contributed by atoms with Gasteiger partial charge in [-0.2, -0.15) is 0 Å². The van der Waals surface area contributed by atoms with Gasteiger partial charge in [-0.15, -0.1) is 6.58 Å². The third-order valence-corrected chi connectivity index (χ3v) is 2.01. The molecule has 1 aromatic rings. The van der Waals surface area contributed by atoms with Gasteiger partial charge in [-0.25, -0.2) is 0 Å². The van der Waals surface area contributed by atoms with Crippen LogP contribution in [-0.2, 0) is 6.54 Å². The molecule has 1 aromatic heterocycles. The monoisotopic (exact) mass is 215 g/mol. The van der Waals surface area contributed by atoms with E-state index in [2.05, 4.69) is 11.6 Å². The second kappa shape index (κ2) is 4.76. The Morgan fingerprint density at radius 1 is 1.79 bits per heavy atom. The van der Waals surface area contributed by atoms with Gasteiger partial charge in [0.05, 0.1) is 0 Å². The zero-order chi connectivity index (χ0) is 10.6. The number of halogens is 1. The number of nitrogens with zero attached hydrogens (tertiary/aromatic N) is 3. The van der Waals surface area contributed by atoms with Crippen LogP contribution < -0.4 is 0 Å². The van der Waals surface area contributed by atoms with Crippen LogP contribution in [0.4, 0.5) is 5.82 Å². The maximum Gasteiger partial charge on any atom is 0.383 e. The number of nitro groups is 1. The predicted octanol–water partition coefficient (Wildman–Crippen LogP) is 2.41. The topological polar surface area (TPSA) is 61.0 Å². The van der Waals surface area contributed by atoms with Crippen LogP contribution in [0.25, 0.3) is 0 Å². The summed E-state index contributed by atoms with van der Waals surface area (Å²) in [6.45, 7) is 4.20. The van der Waals surface area contributed by atoms with Crippen molar-refractivity contribution in [1.29, 1.82) is 0 Å². The Kier molecular flexibility index (Phi) is 3.64. The summed E-state index contributed by atoms with van der Waals surface area (Å²) in [7, 11) is 0. The van der Waals surface area contributed by atoms with Crippen LogP contribution in [0.15, 0.2) is 18.9 Å². The molecule has 0 saturated carbocycles. The summed E-state index contributed by atoms with van der Waals surface area (Å²) < 4.78 is 1.56. The first-order valence-corrected chi connectivity index (χ1v) is 4.51. The van der Waals surface area contributed by atoms with E-state index in [4.69, 9.17) is 11.6 Å². The maximum atomic E-state index is 10.4. The molecule has 76 valence electrons. The van der Waals surface area contributed by atoms with Crippen molar-refractivity contribution in [2.24, 2.45) is 0 Å². The number of hydrogen-bond acceptors (Lipinski definition) is 3. The Balaban J connectivity index is 2.67. The number of aryl methyl sites for hydroxylation is 1. The molecule has 0 unspecified atom stereocenters. The summed E-state index contributed by atoms with van der Waals surface area (Å²) in [5, 5.41) is 10.5. The summed E-state index contributed by atoms with van der Waals surface area (Å²) in [4.78, 5) is 13.4. The maximum absolute atomic E-state index is 10.4. The molecule has 6 heteroatoms. The molecule has 0 saturated heterocycles. The van der Waals surface area contributed by atoms with Crippen molar-refractivity contribution < 1.29 is 4.92 Å². The van der Waals surface area contributed by atoms with E-state index in [9.17, 15) is 10.1 Å². The fourth-order valence-electron chi connectivity index (χ4n) is 1.03. The summed E-state index contributed by atoms with van der Waals surface area (Å²) in [6, 6.07) is 0. The fourth-order valence-corrected chi connectivity index (χ4v) is 1.25. The van der Waals surface area contributed by atoms with Gasteiger partial charge in [-0.3, -0.25) is 4.57 Å². The van der Waals surface area contributed by atoms with Gasteiger partial charge in [0.2, 0.25) is 0 Å². The lowest BCUT2D eigenvalue weighted by Gasteiger charge is -1.97. The lowest BCUT2D eigenvalue weighted by molar-refractivity contribution is -0.389. The molecule has 1 rings (SSSR count). The molecular weight excluding hydrogens is 206 g/mol. The summed E-state index contributed by atoms with van der Waals surface area (Å²) in [5.74, 6) is -0.214. The second-order valence-electron chi connectivity index (χ2n) is 2.75. The normalized spacial score (nSPS) is 10.1. The predicted molar refractivity (Wildman–Crippen MR) is 53.3 cm³/mol. The zero-order valence-corrected chi connectivity index (χ0v) is 8.28. The van der Waals surface area contributed by atoms with Gasteiger partial charge >= 0.3 is 11.1 Å². The molecule has 0 atom stereocenters. The molecule has 0 radical (unpaired) electrons. The zero-order valence-electron chi connectivity index (χ0n) is 7.52. The van der Waals surface area contributed by atoms with Gasteiger partial charge < -0.3 is 10.1 Å². The molecule has 0 N–H and O–H groups in total. The fraction of sp³-hybridized carbons (Fsp3) is 0.375. The van der Waals surface area contributed by atoms with E-state index < -0.39 is 4.92 Å². The SMILES string of the molecule is C=CCCCn1cc([N+](=O)[O-])nc1Cl. The highest BCUT2D eigenvalue weighted by Crippen LogP contribution is 2.15. The van der Waals surface area contributed by atoms with Gasteiger partial charge in [0.1, 0.15) is 6.20 Å². The number of hydrogen-bond donors (Lipinski definition) is 0. The minimum absolute atomic E-state index is 0.153.